The zero-order valence-corrected chi connectivity index (χ0v) is 10.7. The van der Waals surface area contributed by atoms with Gasteiger partial charge in [-0.15, -0.1) is 21.8 Å². The van der Waals surface area contributed by atoms with Crippen LogP contribution < -0.4 is 5.32 Å². The number of hydrogen-bond acceptors (Lipinski definition) is 4. The van der Waals surface area contributed by atoms with Gasteiger partial charge in [-0.25, -0.2) is 0 Å². The lowest BCUT2D eigenvalue weighted by Gasteiger charge is -2.10. The van der Waals surface area contributed by atoms with E-state index in [1.54, 1.807) is 19.1 Å². The van der Waals surface area contributed by atoms with Crippen molar-refractivity contribution in [2.24, 2.45) is 0 Å². The zero-order chi connectivity index (χ0) is 13.1. The Morgan fingerprint density at radius 2 is 2.28 bits per heavy atom. The predicted octanol–water partition coefficient (Wildman–Crippen LogP) is 2.61. The Hall–Kier alpha value is -1.88. The highest BCUT2D eigenvalue weighted by molar-refractivity contribution is 6.32. The molecule has 2 aromatic rings. The van der Waals surface area contributed by atoms with Crippen LogP contribution >= 0.6 is 11.6 Å². The van der Waals surface area contributed by atoms with Crippen molar-refractivity contribution < 1.29 is 9.21 Å². The Kier molecular flexibility index (Phi) is 3.62. The van der Waals surface area contributed by atoms with Crippen molar-refractivity contribution in [1.29, 1.82) is 0 Å². The van der Waals surface area contributed by atoms with Crippen molar-refractivity contribution in [3.8, 4) is 11.5 Å². The van der Waals surface area contributed by atoms with E-state index >= 15 is 0 Å². The van der Waals surface area contributed by atoms with Crippen LogP contribution in [-0.4, -0.2) is 21.5 Å². The van der Waals surface area contributed by atoms with Gasteiger partial charge >= 0.3 is 0 Å². The van der Waals surface area contributed by atoms with Gasteiger partial charge in [0.25, 0.3) is 0 Å². The summed E-state index contributed by atoms with van der Waals surface area (Å²) in [5.74, 6) is 0.215. The maximum atomic E-state index is 11.5. The predicted molar refractivity (Wildman–Crippen MR) is 68.4 cm³/mol. The summed E-state index contributed by atoms with van der Waals surface area (Å²) in [4.78, 5) is 11.5. The van der Waals surface area contributed by atoms with Crippen LogP contribution in [0, 0.1) is 6.92 Å². The number of carbonyl (C=O) groups is 1. The number of nitrogens with zero attached hydrogens (tertiary/aromatic N) is 2. The van der Waals surface area contributed by atoms with Crippen LogP contribution in [0.1, 0.15) is 12.5 Å². The number of alkyl halides is 1. The van der Waals surface area contributed by atoms with Gasteiger partial charge in [-0.1, -0.05) is 0 Å². The Morgan fingerprint density at radius 3 is 2.83 bits per heavy atom. The Balaban J connectivity index is 2.23. The third-order valence-corrected chi connectivity index (χ3v) is 2.65. The van der Waals surface area contributed by atoms with E-state index in [-0.39, 0.29) is 5.91 Å². The zero-order valence-electron chi connectivity index (χ0n) is 9.98. The van der Waals surface area contributed by atoms with Gasteiger partial charge in [-0.2, -0.15) is 0 Å². The van der Waals surface area contributed by atoms with Gasteiger partial charge in [-0.3, -0.25) is 4.79 Å². The van der Waals surface area contributed by atoms with E-state index in [4.69, 9.17) is 16.0 Å². The molecule has 0 fully saturated rings. The summed E-state index contributed by atoms with van der Waals surface area (Å²) in [7, 11) is 0. The monoisotopic (exact) mass is 265 g/mol. The van der Waals surface area contributed by atoms with Crippen LogP contribution in [0.15, 0.2) is 29.0 Å². The standard InChI is InChI=1S/C12H12ClN3O2/c1-7-5-9(12-16-14-6-18-12)3-4-10(7)15-11(17)8(2)13/h3-6,8H,1-2H3,(H,15,17). The minimum Gasteiger partial charge on any atom is -0.423 e. The Bertz CT molecular complexity index is 552. The minimum atomic E-state index is -0.569. The first kappa shape index (κ1) is 12.6. The van der Waals surface area contributed by atoms with Gasteiger partial charge in [0.05, 0.1) is 0 Å². The van der Waals surface area contributed by atoms with Crippen molar-refractivity contribution in [1.82, 2.24) is 10.2 Å². The van der Waals surface area contributed by atoms with E-state index in [1.165, 1.54) is 6.39 Å². The molecule has 0 aliphatic rings. The van der Waals surface area contributed by atoms with Crippen molar-refractivity contribution in [3.63, 3.8) is 0 Å². The quantitative estimate of drug-likeness (QED) is 0.866. The van der Waals surface area contributed by atoms with Crippen molar-refractivity contribution in [2.75, 3.05) is 5.32 Å². The van der Waals surface area contributed by atoms with E-state index in [1.807, 2.05) is 13.0 Å². The first-order valence-corrected chi connectivity index (χ1v) is 5.83. The van der Waals surface area contributed by atoms with Gasteiger partial charge < -0.3 is 9.73 Å². The highest BCUT2D eigenvalue weighted by atomic mass is 35.5. The fourth-order valence-electron chi connectivity index (χ4n) is 1.47. The number of benzene rings is 1. The fraction of sp³-hybridized carbons (Fsp3) is 0.250. The average Bonchev–Trinajstić information content (AvgIpc) is 2.85. The van der Waals surface area contributed by atoms with E-state index in [0.29, 0.717) is 5.89 Å². The first-order chi connectivity index (χ1) is 8.58. The maximum absolute atomic E-state index is 11.5. The molecular formula is C12H12ClN3O2. The largest absolute Gasteiger partial charge is 0.423 e. The second-order valence-corrected chi connectivity index (χ2v) is 4.53. The number of halogens is 1. The lowest BCUT2D eigenvalue weighted by molar-refractivity contribution is -0.115. The van der Waals surface area contributed by atoms with Crippen molar-refractivity contribution >= 4 is 23.2 Å². The summed E-state index contributed by atoms with van der Waals surface area (Å²) in [6.07, 6.45) is 1.27. The second kappa shape index (κ2) is 5.18. The molecule has 0 aliphatic carbocycles. The number of nitrogens with one attached hydrogen (secondary N) is 1. The maximum Gasteiger partial charge on any atom is 0.247 e. The molecule has 0 radical (unpaired) electrons. The number of hydrogen-bond donors (Lipinski definition) is 1. The summed E-state index contributed by atoms with van der Waals surface area (Å²) in [6, 6.07) is 5.45. The molecule has 2 rings (SSSR count). The minimum absolute atomic E-state index is 0.231. The molecule has 18 heavy (non-hydrogen) atoms. The highest BCUT2D eigenvalue weighted by Gasteiger charge is 2.11. The normalized spacial score (nSPS) is 12.2. The molecule has 94 valence electrons. The summed E-state index contributed by atoms with van der Waals surface area (Å²) in [5.41, 5.74) is 2.43. The van der Waals surface area contributed by atoms with Crippen LogP contribution in [-0.2, 0) is 4.79 Å². The Labute approximate surface area is 109 Å². The molecule has 1 amide bonds. The van der Waals surface area contributed by atoms with E-state index in [0.717, 1.165) is 16.8 Å². The highest BCUT2D eigenvalue weighted by Crippen LogP contribution is 2.23. The molecule has 1 aromatic heterocycles. The topological polar surface area (TPSA) is 68.0 Å². The molecular weight excluding hydrogens is 254 g/mol. The number of aromatic nitrogens is 2. The number of anilines is 1. The average molecular weight is 266 g/mol. The van der Waals surface area contributed by atoms with Crippen molar-refractivity contribution in [2.45, 2.75) is 19.2 Å². The smallest absolute Gasteiger partial charge is 0.247 e. The van der Waals surface area contributed by atoms with Crippen LogP contribution in [0.2, 0.25) is 0 Å². The third kappa shape index (κ3) is 2.68. The molecule has 1 atom stereocenters. The SMILES string of the molecule is Cc1cc(-c2nnco2)ccc1NC(=O)C(C)Cl. The number of amides is 1. The molecule has 0 bridgehead atoms. The van der Waals surface area contributed by atoms with Crippen LogP contribution in [0.25, 0.3) is 11.5 Å². The molecule has 5 nitrogen and oxygen atoms in total. The van der Waals surface area contributed by atoms with Gasteiger partial charge in [0.2, 0.25) is 18.2 Å². The number of rotatable bonds is 3. The van der Waals surface area contributed by atoms with Crippen LogP contribution in [0.3, 0.4) is 0 Å². The molecule has 0 saturated carbocycles. The molecule has 1 aromatic carbocycles. The lowest BCUT2D eigenvalue weighted by Crippen LogP contribution is -2.20. The summed E-state index contributed by atoms with van der Waals surface area (Å²) in [6.45, 7) is 3.51. The molecule has 1 N–H and O–H groups in total. The molecule has 0 spiro atoms. The number of aryl methyl sites for hydroxylation is 1. The third-order valence-electron chi connectivity index (χ3n) is 2.45. The summed E-state index contributed by atoms with van der Waals surface area (Å²) < 4.78 is 5.10. The van der Waals surface area contributed by atoms with Crippen LogP contribution in [0.4, 0.5) is 5.69 Å². The molecule has 1 unspecified atom stereocenters. The van der Waals surface area contributed by atoms with Gasteiger partial charge in [0, 0.05) is 11.3 Å². The van der Waals surface area contributed by atoms with E-state index < -0.39 is 5.38 Å². The number of carbonyl (C=O) groups excluding carboxylic acids is 1. The molecule has 1 heterocycles. The summed E-state index contributed by atoms with van der Waals surface area (Å²) in [5, 5.41) is 9.61. The molecule has 0 aliphatic heterocycles. The summed E-state index contributed by atoms with van der Waals surface area (Å²) >= 11 is 5.70. The van der Waals surface area contributed by atoms with E-state index in [9.17, 15) is 4.79 Å². The fourth-order valence-corrected chi connectivity index (χ4v) is 1.52. The van der Waals surface area contributed by atoms with Crippen LogP contribution in [0.5, 0.6) is 0 Å². The second-order valence-electron chi connectivity index (χ2n) is 3.88. The Morgan fingerprint density at radius 1 is 1.50 bits per heavy atom. The molecule has 0 saturated heterocycles. The van der Waals surface area contributed by atoms with Gasteiger partial charge in [0.15, 0.2) is 0 Å². The van der Waals surface area contributed by atoms with E-state index in [2.05, 4.69) is 15.5 Å². The van der Waals surface area contributed by atoms with Gasteiger partial charge in [0.1, 0.15) is 5.38 Å². The molecule has 6 heteroatoms. The lowest BCUT2D eigenvalue weighted by atomic mass is 10.1. The van der Waals surface area contributed by atoms with Crippen molar-refractivity contribution in [3.05, 3.63) is 30.2 Å². The van der Waals surface area contributed by atoms with Gasteiger partial charge in [-0.05, 0) is 37.6 Å². The first-order valence-electron chi connectivity index (χ1n) is 5.40.